The number of halogens is 1. The minimum atomic E-state index is -0.635. The van der Waals surface area contributed by atoms with Gasteiger partial charge in [-0.3, -0.25) is 4.79 Å². The van der Waals surface area contributed by atoms with Crippen LogP contribution in [0, 0.1) is 19.7 Å². The Morgan fingerprint density at radius 2 is 1.95 bits per heavy atom. The molecule has 1 aromatic carbocycles. The van der Waals surface area contributed by atoms with Crippen molar-refractivity contribution >= 4 is 5.97 Å². The highest BCUT2D eigenvalue weighted by Crippen LogP contribution is 2.23. The summed E-state index contributed by atoms with van der Waals surface area (Å²) in [6.45, 7) is 3.37. The monoisotopic (exact) mass is 276 g/mol. The molecule has 0 fully saturated rings. The van der Waals surface area contributed by atoms with Crippen molar-refractivity contribution in [1.82, 2.24) is 10.2 Å². The number of carbonyl (C=O) groups excluding carboxylic acids is 1. The third-order valence-electron chi connectivity index (χ3n) is 3.12. The molecule has 0 radical (unpaired) electrons. The molecular weight excluding hydrogens is 263 g/mol. The van der Waals surface area contributed by atoms with E-state index in [9.17, 15) is 14.0 Å². The zero-order valence-electron chi connectivity index (χ0n) is 11.3. The fraction of sp³-hybridized carbons (Fsp3) is 0.214. The first-order valence-corrected chi connectivity index (χ1v) is 5.89. The van der Waals surface area contributed by atoms with Gasteiger partial charge in [-0.1, -0.05) is 0 Å². The minimum Gasteiger partial charge on any atom is -0.465 e. The molecule has 1 N–H and O–H groups in total. The maximum Gasteiger partial charge on any atom is 0.337 e. The van der Waals surface area contributed by atoms with Crippen LogP contribution >= 0.6 is 0 Å². The highest BCUT2D eigenvalue weighted by Gasteiger charge is 2.14. The number of ether oxygens (including phenoxy) is 1. The summed E-state index contributed by atoms with van der Waals surface area (Å²) >= 11 is 0. The van der Waals surface area contributed by atoms with Gasteiger partial charge >= 0.3 is 5.97 Å². The highest BCUT2D eigenvalue weighted by molar-refractivity contribution is 5.91. The molecule has 0 aliphatic carbocycles. The van der Waals surface area contributed by atoms with Gasteiger partial charge in [-0.2, -0.15) is 5.10 Å². The maximum absolute atomic E-state index is 13.6. The molecule has 2 aromatic rings. The molecule has 1 aromatic heterocycles. The van der Waals surface area contributed by atoms with Crippen LogP contribution in [0.1, 0.15) is 21.5 Å². The van der Waals surface area contributed by atoms with Gasteiger partial charge in [0, 0.05) is 11.1 Å². The molecule has 0 amide bonds. The molecule has 0 aliphatic rings. The largest absolute Gasteiger partial charge is 0.465 e. The lowest BCUT2D eigenvalue weighted by atomic mass is 10.0. The molecule has 0 bridgehead atoms. The van der Waals surface area contributed by atoms with Crippen LogP contribution in [0.3, 0.4) is 0 Å². The van der Waals surface area contributed by atoms with E-state index in [0.29, 0.717) is 22.4 Å². The van der Waals surface area contributed by atoms with Crippen LogP contribution in [0.4, 0.5) is 4.39 Å². The van der Waals surface area contributed by atoms with E-state index in [1.807, 2.05) is 0 Å². The van der Waals surface area contributed by atoms with Crippen molar-refractivity contribution in [1.29, 1.82) is 0 Å². The van der Waals surface area contributed by atoms with E-state index in [-0.39, 0.29) is 11.1 Å². The number of hydrogen-bond acceptors (Lipinski definition) is 4. The summed E-state index contributed by atoms with van der Waals surface area (Å²) in [5, 5.41) is 6.27. The van der Waals surface area contributed by atoms with Gasteiger partial charge in [0.1, 0.15) is 5.82 Å². The van der Waals surface area contributed by atoms with Gasteiger partial charge < -0.3 is 4.74 Å². The van der Waals surface area contributed by atoms with Gasteiger partial charge in [0.05, 0.1) is 18.4 Å². The average molecular weight is 276 g/mol. The zero-order chi connectivity index (χ0) is 14.9. The number of nitrogens with zero attached hydrogens (tertiary/aromatic N) is 1. The number of aromatic amines is 1. The number of carbonyl (C=O) groups is 1. The Morgan fingerprint density at radius 1 is 1.25 bits per heavy atom. The lowest BCUT2D eigenvalue weighted by Gasteiger charge is -2.08. The molecule has 2 rings (SSSR count). The van der Waals surface area contributed by atoms with Crippen molar-refractivity contribution in [2.45, 2.75) is 13.8 Å². The molecule has 0 saturated heterocycles. The smallest absolute Gasteiger partial charge is 0.337 e. The van der Waals surface area contributed by atoms with Crippen molar-refractivity contribution in [3.8, 4) is 11.3 Å². The Bertz CT molecular complexity index is 738. The number of aromatic nitrogens is 2. The van der Waals surface area contributed by atoms with E-state index in [0.717, 1.165) is 6.07 Å². The number of rotatable bonds is 2. The van der Waals surface area contributed by atoms with Crippen molar-refractivity contribution < 1.29 is 13.9 Å². The number of nitrogens with one attached hydrogen (secondary N) is 1. The first-order valence-electron chi connectivity index (χ1n) is 5.89. The number of methoxy groups -OCH3 is 1. The average Bonchev–Trinajstić information content (AvgIpc) is 2.43. The van der Waals surface area contributed by atoms with E-state index in [4.69, 9.17) is 0 Å². The normalized spacial score (nSPS) is 10.4. The van der Waals surface area contributed by atoms with Gasteiger partial charge in [-0.15, -0.1) is 0 Å². The van der Waals surface area contributed by atoms with E-state index in [1.54, 1.807) is 13.8 Å². The summed E-state index contributed by atoms with van der Waals surface area (Å²) in [5.41, 5.74) is 1.76. The third-order valence-corrected chi connectivity index (χ3v) is 3.12. The van der Waals surface area contributed by atoms with E-state index in [1.165, 1.54) is 19.2 Å². The van der Waals surface area contributed by atoms with Gasteiger partial charge in [0.25, 0.3) is 5.56 Å². The van der Waals surface area contributed by atoms with E-state index < -0.39 is 11.8 Å². The van der Waals surface area contributed by atoms with E-state index >= 15 is 0 Å². The van der Waals surface area contributed by atoms with Crippen molar-refractivity contribution in [3.63, 3.8) is 0 Å². The standard InChI is InChI=1S/C14H13FN2O3/c1-7-8(2)13(18)17-16-12(7)9-4-10(14(19)20-3)6-11(15)5-9/h4-6H,1-3H3,(H,17,18). The molecule has 6 heteroatoms. The minimum absolute atomic E-state index is 0.0903. The lowest BCUT2D eigenvalue weighted by molar-refractivity contribution is 0.0600. The molecule has 0 atom stereocenters. The fourth-order valence-corrected chi connectivity index (χ4v) is 1.87. The molecule has 0 aliphatic heterocycles. The second kappa shape index (κ2) is 5.24. The first kappa shape index (κ1) is 13.9. The summed E-state index contributed by atoms with van der Waals surface area (Å²) in [4.78, 5) is 22.9. The Balaban J connectivity index is 2.64. The summed E-state index contributed by atoms with van der Waals surface area (Å²) in [7, 11) is 1.22. The molecule has 1 heterocycles. The van der Waals surface area contributed by atoms with Gasteiger partial charge in [-0.25, -0.2) is 14.3 Å². The topological polar surface area (TPSA) is 72.0 Å². The van der Waals surface area contributed by atoms with Crippen LogP contribution in [-0.2, 0) is 4.74 Å². The second-order valence-electron chi connectivity index (χ2n) is 4.37. The molecular formula is C14H13FN2O3. The molecule has 0 unspecified atom stereocenters. The fourth-order valence-electron chi connectivity index (χ4n) is 1.87. The van der Waals surface area contributed by atoms with Crippen LogP contribution in [0.15, 0.2) is 23.0 Å². The molecule has 20 heavy (non-hydrogen) atoms. The van der Waals surface area contributed by atoms with Crippen molar-refractivity contribution in [2.75, 3.05) is 7.11 Å². The second-order valence-corrected chi connectivity index (χ2v) is 4.37. The summed E-state index contributed by atoms with van der Waals surface area (Å²) in [6, 6.07) is 3.81. The number of H-pyrrole nitrogens is 1. The lowest BCUT2D eigenvalue weighted by Crippen LogP contribution is -2.14. The van der Waals surface area contributed by atoms with Gasteiger partial charge in [0.15, 0.2) is 0 Å². The van der Waals surface area contributed by atoms with Crippen LogP contribution in [0.5, 0.6) is 0 Å². The summed E-state index contributed by atoms with van der Waals surface area (Å²) < 4.78 is 18.2. The van der Waals surface area contributed by atoms with Gasteiger partial charge in [-0.05, 0) is 37.6 Å². The summed E-state index contributed by atoms with van der Waals surface area (Å²) in [6.07, 6.45) is 0. The maximum atomic E-state index is 13.6. The van der Waals surface area contributed by atoms with Crippen molar-refractivity contribution in [3.05, 3.63) is 51.1 Å². The van der Waals surface area contributed by atoms with Crippen LogP contribution < -0.4 is 5.56 Å². The van der Waals surface area contributed by atoms with Crippen LogP contribution in [0.25, 0.3) is 11.3 Å². The van der Waals surface area contributed by atoms with Crippen molar-refractivity contribution in [2.24, 2.45) is 0 Å². The predicted molar refractivity (Wildman–Crippen MR) is 71.1 cm³/mol. The molecule has 104 valence electrons. The van der Waals surface area contributed by atoms with Gasteiger partial charge in [0.2, 0.25) is 0 Å². The third kappa shape index (κ3) is 2.45. The first-order chi connectivity index (χ1) is 9.43. The van der Waals surface area contributed by atoms with Crippen LogP contribution in [-0.4, -0.2) is 23.3 Å². The quantitative estimate of drug-likeness (QED) is 0.851. The zero-order valence-corrected chi connectivity index (χ0v) is 11.3. The molecule has 0 saturated carbocycles. The number of benzene rings is 1. The predicted octanol–water partition coefficient (Wildman–Crippen LogP) is 1.98. The molecule has 0 spiro atoms. The molecule has 5 nitrogen and oxygen atoms in total. The van der Waals surface area contributed by atoms with E-state index in [2.05, 4.69) is 14.9 Å². The SMILES string of the molecule is COC(=O)c1cc(F)cc(-c2n[nH]c(=O)c(C)c2C)c1. The Kier molecular flexibility index (Phi) is 3.65. The Labute approximate surface area is 114 Å². The van der Waals surface area contributed by atoms with Crippen LogP contribution in [0.2, 0.25) is 0 Å². The number of hydrogen-bond donors (Lipinski definition) is 1. The highest BCUT2D eigenvalue weighted by atomic mass is 19.1. The Morgan fingerprint density at radius 3 is 2.60 bits per heavy atom. The Hall–Kier alpha value is -2.50. The summed E-state index contributed by atoms with van der Waals surface area (Å²) in [5.74, 6) is -1.21. The number of esters is 1.